The van der Waals surface area contributed by atoms with Crippen molar-refractivity contribution >= 4 is 0 Å². The average molecular weight is 234 g/mol. The number of rotatable bonds is 7. The highest BCUT2D eigenvalue weighted by Crippen LogP contribution is 2.27. The SMILES string of the molecule is CCCc1cccc(C(NN)C(CC)CC)c1. The Kier molecular flexibility index (Phi) is 6.23. The van der Waals surface area contributed by atoms with Gasteiger partial charge in [-0.25, -0.2) is 0 Å². The smallest absolute Gasteiger partial charge is 0.0488 e. The second-order valence-electron chi connectivity index (χ2n) is 4.72. The molecule has 17 heavy (non-hydrogen) atoms. The molecule has 1 aromatic carbocycles. The first-order valence-corrected chi connectivity index (χ1v) is 6.81. The number of nitrogens with one attached hydrogen (secondary N) is 1. The molecule has 0 saturated heterocycles. The molecular weight excluding hydrogens is 208 g/mol. The summed E-state index contributed by atoms with van der Waals surface area (Å²) in [6.45, 7) is 6.68. The highest BCUT2D eigenvalue weighted by atomic mass is 15.2. The van der Waals surface area contributed by atoms with Gasteiger partial charge in [0.15, 0.2) is 0 Å². The van der Waals surface area contributed by atoms with Gasteiger partial charge >= 0.3 is 0 Å². The van der Waals surface area contributed by atoms with Crippen LogP contribution in [0.3, 0.4) is 0 Å². The number of benzene rings is 1. The first kappa shape index (κ1) is 14.2. The van der Waals surface area contributed by atoms with Crippen molar-refractivity contribution in [2.24, 2.45) is 11.8 Å². The maximum atomic E-state index is 5.73. The molecule has 0 aromatic heterocycles. The highest BCUT2D eigenvalue weighted by Gasteiger charge is 2.18. The minimum Gasteiger partial charge on any atom is -0.271 e. The fourth-order valence-corrected chi connectivity index (χ4v) is 2.50. The Hall–Kier alpha value is -0.860. The standard InChI is InChI=1S/C15H26N2/c1-4-8-12-9-7-10-14(11-12)15(17-16)13(5-2)6-3/h7,9-11,13,15,17H,4-6,8,16H2,1-3H3. The highest BCUT2D eigenvalue weighted by molar-refractivity contribution is 5.26. The molecule has 0 heterocycles. The normalized spacial score (nSPS) is 13.0. The van der Waals surface area contributed by atoms with E-state index in [0.717, 1.165) is 19.3 Å². The minimum absolute atomic E-state index is 0.279. The zero-order valence-electron chi connectivity index (χ0n) is 11.4. The van der Waals surface area contributed by atoms with Gasteiger partial charge in [0, 0.05) is 6.04 Å². The molecule has 0 amide bonds. The van der Waals surface area contributed by atoms with Crippen LogP contribution in [-0.2, 0) is 6.42 Å². The summed E-state index contributed by atoms with van der Waals surface area (Å²) in [5.74, 6) is 6.34. The van der Waals surface area contributed by atoms with Gasteiger partial charge in [0.25, 0.3) is 0 Å². The van der Waals surface area contributed by atoms with E-state index < -0.39 is 0 Å². The molecule has 0 fully saturated rings. The molecule has 0 bridgehead atoms. The van der Waals surface area contributed by atoms with Gasteiger partial charge in [-0.2, -0.15) is 0 Å². The maximum Gasteiger partial charge on any atom is 0.0488 e. The van der Waals surface area contributed by atoms with Gasteiger partial charge in [0.1, 0.15) is 0 Å². The van der Waals surface area contributed by atoms with Crippen LogP contribution in [0.5, 0.6) is 0 Å². The second-order valence-corrected chi connectivity index (χ2v) is 4.72. The van der Waals surface area contributed by atoms with Gasteiger partial charge in [0.05, 0.1) is 0 Å². The predicted octanol–water partition coefficient (Wildman–Crippen LogP) is 3.58. The van der Waals surface area contributed by atoms with Crippen LogP contribution in [-0.4, -0.2) is 0 Å². The lowest BCUT2D eigenvalue weighted by atomic mass is 9.88. The minimum atomic E-state index is 0.279. The molecule has 0 aliphatic heterocycles. The van der Waals surface area contributed by atoms with Gasteiger partial charge in [-0.15, -0.1) is 0 Å². The third kappa shape index (κ3) is 3.83. The van der Waals surface area contributed by atoms with Gasteiger partial charge in [-0.1, -0.05) is 64.3 Å². The van der Waals surface area contributed by atoms with Gasteiger partial charge in [-0.3, -0.25) is 11.3 Å². The number of hydrogen-bond donors (Lipinski definition) is 2. The molecule has 0 aliphatic carbocycles. The third-order valence-electron chi connectivity index (χ3n) is 3.55. The molecule has 1 rings (SSSR count). The quantitative estimate of drug-likeness (QED) is 0.559. The van der Waals surface area contributed by atoms with E-state index in [2.05, 4.69) is 50.5 Å². The summed E-state index contributed by atoms with van der Waals surface area (Å²) in [4.78, 5) is 0. The first-order chi connectivity index (χ1) is 8.26. The Morgan fingerprint density at radius 2 is 1.88 bits per heavy atom. The van der Waals surface area contributed by atoms with Crippen molar-refractivity contribution in [3.63, 3.8) is 0 Å². The van der Waals surface area contributed by atoms with Crippen LogP contribution >= 0.6 is 0 Å². The summed E-state index contributed by atoms with van der Waals surface area (Å²) in [6, 6.07) is 9.11. The summed E-state index contributed by atoms with van der Waals surface area (Å²) in [5.41, 5.74) is 5.73. The number of nitrogens with two attached hydrogens (primary N) is 1. The van der Waals surface area contributed by atoms with Crippen LogP contribution < -0.4 is 11.3 Å². The Morgan fingerprint density at radius 1 is 1.18 bits per heavy atom. The summed E-state index contributed by atoms with van der Waals surface area (Å²) < 4.78 is 0. The van der Waals surface area contributed by atoms with Crippen molar-refractivity contribution in [1.82, 2.24) is 5.43 Å². The maximum absolute atomic E-state index is 5.73. The van der Waals surface area contributed by atoms with E-state index in [1.54, 1.807) is 0 Å². The Labute approximate surface area is 106 Å². The van der Waals surface area contributed by atoms with Crippen LogP contribution in [0.15, 0.2) is 24.3 Å². The Morgan fingerprint density at radius 3 is 2.41 bits per heavy atom. The zero-order chi connectivity index (χ0) is 12.7. The zero-order valence-corrected chi connectivity index (χ0v) is 11.4. The first-order valence-electron chi connectivity index (χ1n) is 6.81. The Bertz CT molecular complexity index is 318. The number of hydrazine groups is 1. The van der Waals surface area contributed by atoms with Crippen molar-refractivity contribution in [2.75, 3.05) is 0 Å². The summed E-state index contributed by atoms with van der Waals surface area (Å²) >= 11 is 0. The number of aryl methyl sites for hydroxylation is 1. The van der Waals surface area contributed by atoms with E-state index in [9.17, 15) is 0 Å². The lowest BCUT2D eigenvalue weighted by molar-refractivity contribution is 0.345. The molecule has 1 aromatic rings. The van der Waals surface area contributed by atoms with Crippen molar-refractivity contribution in [3.8, 4) is 0 Å². The molecular formula is C15H26N2. The van der Waals surface area contributed by atoms with E-state index in [1.165, 1.54) is 17.5 Å². The molecule has 2 nitrogen and oxygen atoms in total. The van der Waals surface area contributed by atoms with E-state index in [0.29, 0.717) is 5.92 Å². The fourth-order valence-electron chi connectivity index (χ4n) is 2.50. The second kappa shape index (κ2) is 7.46. The summed E-state index contributed by atoms with van der Waals surface area (Å²) in [5, 5.41) is 0. The third-order valence-corrected chi connectivity index (χ3v) is 3.55. The topological polar surface area (TPSA) is 38.0 Å². The Balaban J connectivity index is 2.90. The monoisotopic (exact) mass is 234 g/mol. The molecule has 96 valence electrons. The fraction of sp³-hybridized carbons (Fsp3) is 0.600. The van der Waals surface area contributed by atoms with Gasteiger partial charge in [0.2, 0.25) is 0 Å². The molecule has 2 heteroatoms. The van der Waals surface area contributed by atoms with E-state index in [4.69, 9.17) is 5.84 Å². The van der Waals surface area contributed by atoms with Crippen LogP contribution in [0.4, 0.5) is 0 Å². The van der Waals surface area contributed by atoms with E-state index >= 15 is 0 Å². The lowest BCUT2D eigenvalue weighted by Gasteiger charge is -2.25. The van der Waals surface area contributed by atoms with Crippen molar-refractivity contribution in [2.45, 2.75) is 52.5 Å². The van der Waals surface area contributed by atoms with Crippen molar-refractivity contribution < 1.29 is 0 Å². The molecule has 0 aliphatic rings. The van der Waals surface area contributed by atoms with E-state index in [-0.39, 0.29) is 6.04 Å². The van der Waals surface area contributed by atoms with Gasteiger partial charge in [-0.05, 0) is 23.5 Å². The van der Waals surface area contributed by atoms with Crippen LogP contribution in [0.1, 0.15) is 57.2 Å². The molecule has 3 N–H and O–H groups in total. The van der Waals surface area contributed by atoms with Crippen LogP contribution in [0.2, 0.25) is 0 Å². The summed E-state index contributed by atoms with van der Waals surface area (Å²) in [7, 11) is 0. The van der Waals surface area contributed by atoms with E-state index in [1.807, 2.05) is 0 Å². The lowest BCUT2D eigenvalue weighted by Crippen LogP contribution is -2.33. The molecule has 0 saturated carbocycles. The predicted molar refractivity (Wildman–Crippen MR) is 74.6 cm³/mol. The van der Waals surface area contributed by atoms with Crippen LogP contribution in [0.25, 0.3) is 0 Å². The largest absolute Gasteiger partial charge is 0.271 e. The molecule has 1 unspecified atom stereocenters. The average Bonchev–Trinajstić information content (AvgIpc) is 2.36. The van der Waals surface area contributed by atoms with Crippen molar-refractivity contribution in [3.05, 3.63) is 35.4 Å². The van der Waals surface area contributed by atoms with Gasteiger partial charge < -0.3 is 0 Å². The number of hydrogen-bond acceptors (Lipinski definition) is 2. The molecule has 0 radical (unpaired) electrons. The van der Waals surface area contributed by atoms with Crippen LogP contribution in [0, 0.1) is 5.92 Å². The molecule has 1 atom stereocenters. The summed E-state index contributed by atoms with van der Waals surface area (Å²) in [6.07, 6.45) is 4.65. The van der Waals surface area contributed by atoms with Crippen molar-refractivity contribution in [1.29, 1.82) is 0 Å². The molecule has 0 spiro atoms.